The van der Waals surface area contributed by atoms with Crippen molar-refractivity contribution >= 4 is 23.6 Å². The van der Waals surface area contributed by atoms with Crippen LogP contribution in [0.25, 0.3) is 0 Å². The van der Waals surface area contributed by atoms with Gasteiger partial charge < -0.3 is 10.2 Å². The maximum absolute atomic E-state index is 14.3. The van der Waals surface area contributed by atoms with E-state index in [1.165, 1.54) is 11.0 Å². The SMILES string of the molecule is CC[C@@H](NC(=O)c1cc(=O)[nH]c(N(C)C)n1)c1ccc(SC(F)(F)F)cc1F. The minimum atomic E-state index is -4.53. The lowest BCUT2D eigenvalue weighted by Gasteiger charge is -2.19. The Hall–Kier alpha value is -2.56. The fourth-order valence-corrected chi connectivity index (χ4v) is 2.96. The fraction of sp³-hybridized carbons (Fsp3) is 0.353. The standard InChI is InChI=1S/C17H18F4N4O2S/c1-4-12(10-6-5-9(7-11(10)18)28-17(19,20)21)22-15(27)13-8-14(26)24-16(23-13)25(2)3/h5-8,12H,4H2,1-3H3,(H,22,27)(H,23,24,26)/t12-/m1/s1. The van der Waals surface area contributed by atoms with Gasteiger partial charge in [-0.25, -0.2) is 9.37 Å². The Morgan fingerprint density at radius 1 is 1.32 bits per heavy atom. The molecular weight excluding hydrogens is 400 g/mol. The summed E-state index contributed by atoms with van der Waals surface area (Å²) < 4.78 is 51.6. The van der Waals surface area contributed by atoms with Gasteiger partial charge in [0.1, 0.15) is 11.5 Å². The minimum Gasteiger partial charge on any atom is -0.348 e. The van der Waals surface area contributed by atoms with Crippen LogP contribution < -0.4 is 15.8 Å². The molecule has 2 rings (SSSR count). The molecule has 1 aromatic heterocycles. The molecule has 2 N–H and O–H groups in total. The number of hydrogen-bond donors (Lipinski definition) is 2. The van der Waals surface area contributed by atoms with Crippen molar-refractivity contribution in [3.8, 4) is 0 Å². The highest BCUT2D eigenvalue weighted by Gasteiger charge is 2.30. The summed E-state index contributed by atoms with van der Waals surface area (Å²) in [6.07, 6.45) is 0.276. The molecule has 152 valence electrons. The van der Waals surface area contributed by atoms with Crippen molar-refractivity contribution in [1.82, 2.24) is 15.3 Å². The third-order valence-electron chi connectivity index (χ3n) is 3.68. The Balaban J connectivity index is 2.25. The molecule has 0 bridgehead atoms. The molecule has 0 unspecified atom stereocenters. The number of H-pyrrole nitrogens is 1. The summed E-state index contributed by atoms with van der Waals surface area (Å²) in [5.74, 6) is -1.39. The van der Waals surface area contributed by atoms with Gasteiger partial charge >= 0.3 is 5.51 Å². The summed E-state index contributed by atoms with van der Waals surface area (Å²) in [4.78, 5) is 31.9. The van der Waals surface area contributed by atoms with Crippen molar-refractivity contribution in [3.05, 3.63) is 51.7 Å². The topological polar surface area (TPSA) is 78.1 Å². The van der Waals surface area contributed by atoms with Gasteiger partial charge in [-0.2, -0.15) is 13.2 Å². The van der Waals surface area contributed by atoms with Gasteiger partial charge in [-0.3, -0.25) is 14.6 Å². The third-order valence-corrected chi connectivity index (χ3v) is 4.40. The number of aromatic amines is 1. The lowest BCUT2D eigenvalue weighted by molar-refractivity contribution is -0.0328. The number of nitrogens with one attached hydrogen (secondary N) is 2. The highest BCUT2D eigenvalue weighted by atomic mass is 32.2. The Labute approximate surface area is 162 Å². The minimum absolute atomic E-state index is 0.0417. The van der Waals surface area contributed by atoms with Crippen molar-refractivity contribution in [2.75, 3.05) is 19.0 Å². The number of carbonyl (C=O) groups excluding carboxylic acids is 1. The zero-order valence-electron chi connectivity index (χ0n) is 15.2. The highest BCUT2D eigenvalue weighted by molar-refractivity contribution is 8.00. The lowest BCUT2D eigenvalue weighted by atomic mass is 10.0. The number of amides is 1. The zero-order valence-corrected chi connectivity index (χ0v) is 16.0. The van der Waals surface area contributed by atoms with Crippen LogP contribution in [0.3, 0.4) is 0 Å². The van der Waals surface area contributed by atoms with E-state index in [1.807, 2.05) is 0 Å². The molecule has 2 aromatic rings. The number of nitrogens with zero attached hydrogens (tertiary/aromatic N) is 2. The van der Waals surface area contributed by atoms with Crippen molar-refractivity contribution in [2.24, 2.45) is 0 Å². The summed E-state index contributed by atoms with van der Waals surface area (Å²) in [6.45, 7) is 1.68. The molecule has 0 saturated heterocycles. The van der Waals surface area contributed by atoms with Crippen LogP contribution in [0.15, 0.2) is 34.0 Å². The molecule has 1 heterocycles. The zero-order chi connectivity index (χ0) is 21.1. The van der Waals surface area contributed by atoms with E-state index in [0.717, 1.165) is 18.2 Å². The molecule has 11 heteroatoms. The molecule has 0 radical (unpaired) electrons. The van der Waals surface area contributed by atoms with Gasteiger partial charge in [0, 0.05) is 30.6 Å². The maximum Gasteiger partial charge on any atom is 0.446 e. The molecule has 0 fully saturated rings. The van der Waals surface area contributed by atoms with E-state index >= 15 is 0 Å². The molecule has 1 aromatic carbocycles. The van der Waals surface area contributed by atoms with Gasteiger partial charge in [0.15, 0.2) is 0 Å². The van der Waals surface area contributed by atoms with Crippen LogP contribution in [0, 0.1) is 5.82 Å². The molecule has 1 amide bonds. The number of hydrogen-bond acceptors (Lipinski definition) is 5. The Bertz CT molecular complexity index is 915. The second-order valence-corrected chi connectivity index (χ2v) is 7.15. The van der Waals surface area contributed by atoms with E-state index in [0.29, 0.717) is 0 Å². The number of benzene rings is 1. The van der Waals surface area contributed by atoms with Gasteiger partial charge in [-0.05, 0) is 30.3 Å². The second kappa shape index (κ2) is 8.63. The number of thioether (sulfide) groups is 1. The van der Waals surface area contributed by atoms with E-state index in [1.54, 1.807) is 21.0 Å². The van der Waals surface area contributed by atoms with E-state index < -0.39 is 40.6 Å². The lowest BCUT2D eigenvalue weighted by Crippen LogP contribution is -2.31. The predicted molar refractivity (Wildman–Crippen MR) is 98.0 cm³/mol. The average molecular weight is 418 g/mol. The number of anilines is 1. The summed E-state index contributed by atoms with van der Waals surface area (Å²) in [7, 11) is 3.26. The summed E-state index contributed by atoms with van der Waals surface area (Å²) >= 11 is -0.421. The summed E-state index contributed by atoms with van der Waals surface area (Å²) in [5, 5.41) is 2.56. The second-order valence-electron chi connectivity index (χ2n) is 6.01. The van der Waals surface area contributed by atoms with Crippen LogP contribution in [0.4, 0.5) is 23.5 Å². The molecule has 0 aliphatic rings. The van der Waals surface area contributed by atoms with Crippen LogP contribution in [-0.2, 0) is 0 Å². The van der Waals surface area contributed by atoms with Crippen LogP contribution in [0.2, 0.25) is 0 Å². The first-order valence-corrected chi connectivity index (χ1v) is 8.96. The average Bonchev–Trinajstić information content (AvgIpc) is 2.58. The predicted octanol–water partition coefficient (Wildman–Crippen LogP) is 3.47. The van der Waals surface area contributed by atoms with Gasteiger partial charge in [-0.1, -0.05) is 13.0 Å². The van der Waals surface area contributed by atoms with Crippen LogP contribution >= 0.6 is 11.8 Å². The first-order valence-electron chi connectivity index (χ1n) is 8.15. The molecule has 1 atom stereocenters. The number of aromatic nitrogens is 2. The molecule has 0 aliphatic carbocycles. The van der Waals surface area contributed by atoms with Gasteiger partial charge in [-0.15, -0.1) is 0 Å². The van der Waals surface area contributed by atoms with Crippen molar-refractivity contribution in [3.63, 3.8) is 0 Å². The monoisotopic (exact) mass is 418 g/mol. The smallest absolute Gasteiger partial charge is 0.348 e. The Morgan fingerprint density at radius 3 is 2.54 bits per heavy atom. The van der Waals surface area contributed by atoms with Crippen molar-refractivity contribution < 1.29 is 22.4 Å². The molecule has 6 nitrogen and oxygen atoms in total. The summed E-state index contributed by atoms with van der Waals surface area (Å²) in [5.41, 5.74) is -5.17. The van der Waals surface area contributed by atoms with E-state index in [2.05, 4.69) is 15.3 Å². The van der Waals surface area contributed by atoms with Crippen LogP contribution in [0.1, 0.15) is 35.4 Å². The molecule has 0 saturated carbocycles. The van der Waals surface area contributed by atoms with E-state index in [-0.39, 0.29) is 28.5 Å². The van der Waals surface area contributed by atoms with Crippen LogP contribution in [-0.4, -0.2) is 35.5 Å². The van der Waals surface area contributed by atoms with Crippen molar-refractivity contribution in [2.45, 2.75) is 29.8 Å². The molecule has 0 aliphatic heterocycles. The summed E-state index contributed by atoms with van der Waals surface area (Å²) in [6, 6.07) is 3.32. The number of alkyl halides is 3. The quantitative estimate of drug-likeness (QED) is 0.555. The first kappa shape index (κ1) is 21.7. The van der Waals surface area contributed by atoms with E-state index in [4.69, 9.17) is 0 Å². The van der Waals surface area contributed by atoms with Gasteiger partial charge in [0.05, 0.1) is 6.04 Å². The van der Waals surface area contributed by atoms with Gasteiger partial charge in [0.2, 0.25) is 5.95 Å². The van der Waals surface area contributed by atoms with Crippen LogP contribution in [0.5, 0.6) is 0 Å². The molecule has 28 heavy (non-hydrogen) atoms. The Morgan fingerprint density at radius 2 is 2.00 bits per heavy atom. The number of halogens is 4. The van der Waals surface area contributed by atoms with Gasteiger partial charge in [0.25, 0.3) is 11.5 Å². The largest absolute Gasteiger partial charge is 0.446 e. The third kappa shape index (κ3) is 5.72. The van der Waals surface area contributed by atoms with Crippen molar-refractivity contribution in [1.29, 1.82) is 0 Å². The fourth-order valence-electron chi connectivity index (χ4n) is 2.39. The normalized spacial score (nSPS) is 12.5. The molecule has 0 spiro atoms. The number of rotatable bonds is 6. The van der Waals surface area contributed by atoms with E-state index in [9.17, 15) is 27.2 Å². The Kier molecular flexibility index (Phi) is 6.70. The number of carbonyl (C=O) groups is 1. The highest BCUT2D eigenvalue weighted by Crippen LogP contribution is 2.37. The first-order chi connectivity index (χ1) is 13.0. The molecular formula is C17H18F4N4O2S. The maximum atomic E-state index is 14.3.